The number of rotatable bonds is 11. The average Bonchev–Trinajstić information content (AvgIpc) is 2.94. The predicted octanol–water partition coefficient (Wildman–Crippen LogP) is -4.40. The molecule has 0 bridgehead atoms. The average molecular weight is 614 g/mol. The largest absolute Gasteiger partial charge is 0.457 e. The molecule has 3 aliphatic rings. The summed E-state index contributed by atoms with van der Waals surface area (Å²) in [5, 5.41) is 74.7. The number of esters is 1. The van der Waals surface area contributed by atoms with Gasteiger partial charge in [0.1, 0.15) is 54.9 Å². The first-order chi connectivity index (χ1) is 19.8. The maximum absolute atomic E-state index is 12.3. The van der Waals surface area contributed by atoms with Crippen molar-refractivity contribution in [3.63, 3.8) is 0 Å². The third-order valence-electron chi connectivity index (χ3n) is 7.20. The van der Waals surface area contributed by atoms with Gasteiger partial charge in [-0.2, -0.15) is 0 Å². The highest BCUT2D eigenvalue weighted by molar-refractivity contribution is 5.73. The highest BCUT2D eigenvalue weighted by Gasteiger charge is 2.55. The fourth-order valence-electron chi connectivity index (χ4n) is 5.05. The minimum Gasteiger partial charge on any atom is -0.457 e. The number of ether oxygens (including phenoxy) is 7. The van der Waals surface area contributed by atoms with Crippen LogP contribution in [0, 0.1) is 0 Å². The van der Waals surface area contributed by atoms with Crippen LogP contribution in [0.2, 0.25) is 0 Å². The lowest BCUT2D eigenvalue weighted by Gasteiger charge is -2.49. The highest BCUT2D eigenvalue weighted by atomic mass is 16.8. The second-order valence-corrected chi connectivity index (χ2v) is 10.5. The van der Waals surface area contributed by atoms with Gasteiger partial charge in [0.2, 0.25) is 5.91 Å². The number of nitrogens with one attached hydrogen (secondary N) is 1. The van der Waals surface area contributed by atoms with Gasteiger partial charge in [0.25, 0.3) is 0 Å². The topological polar surface area (TPSA) is 252 Å². The van der Waals surface area contributed by atoms with Crippen molar-refractivity contribution in [1.82, 2.24) is 5.32 Å². The molecule has 1 amide bonds. The SMILES string of the molecule is CCCO[C@@H]1O[C@@H](C)[C@H](O)[C@@H](OC(C)=O)[C@H]1O[C@@H]1O[C@H](CO)[C@H](O)[C@H](O[C@@H]2O[C@H](CO)[C@H](O)[C@H](O)[C@H]2O)[C@H]1NC(C)=O. The monoisotopic (exact) mass is 613 g/mol. The molecule has 0 unspecified atom stereocenters. The van der Waals surface area contributed by atoms with Gasteiger partial charge in [0, 0.05) is 20.5 Å². The van der Waals surface area contributed by atoms with Crippen molar-refractivity contribution in [3.8, 4) is 0 Å². The maximum Gasteiger partial charge on any atom is 0.303 e. The van der Waals surface area contributed by atoms with Crippen molar-refractivity contribution in [2.24, 2.45) is 0 Å². The summed E-state index contributed by atoms with van der Waals surface area (Å²) in [5.74, 6) is -1.38. The molecule has 0 aromatic heterocycles. The Kier molecular flexibility index (Phi) is 12.8. The summed E-state index contributed by atoms with van der Waals surface area (Å²) in [5.41, 5.74) is 0. The fraction of sp³-hybridized carbons (Fsp3) is 0.920. The van der Waals surface area contributed by atoms with E-state index in [0.717, 1.165) is 13.8 Å². The summed E-state index contributed by atoms with van der Waals surface area (Å²) >= 11 is 0. The third-order valence-corrected chi connectivity index (χ3v) is 7.20. The van der Waals surface area contributed by atoms with Crippen LogP contribution < -0.4 is 5.32 Å². The smallest absolute Gasteiger partial charge is 0.303 e. The van der Waals surface area contributed by atoms with Crippen LogP contribution in [-0.4, -0.2) is 159 Å². The number of hydrogen-bond donors (Lipinski definition) is 8. The zero-order valence-corrected chi connectivity index (χ0v) is 23.8. The van der Waals surface area contributed by atoms with Crippen LogP contribution in [0.4, 0.5) is 0 Å². The van der Waals surface area contributed by atoms with E-state index in [0.29, 0.717) is 6.42 Å². The number of amides is 1. The molecule has 3 heterocycles. The summed E-state index contributed by atoms with van der Waals surface area (Å²) < 4.78 is 40.0. The zero-order valence-electron chi connectivity index (χ0n) is 23.8. The van der Waals surface area contributed by atoms with Crippen molar-refractivity contribution in [3.05, 3.63) is 0 Å². The third kappa shape index (κ3) is 7.92. The first kappa shape index (κ1) is 34.9. The van der Waals surface area contributed by atoms with Crippen LogP contribution >= 0.6 is 0 Å². The van der Waals surface area contributed by atoms with E-state index in [9.17, 15) is 45.3 Å². The van der Waals surface area contributed by atoms with Crippen LogP contribution in [0.3, 0.4) is 0 Å². The van der Waals surface area contributed by atoms with Gasteiger partial charge in [-0.05, 0) is 13.3 Å². The van der Waals surface area contributed by atoms with E-state index in [1.54, 1.807) is 6.92 Å². The first-order valence-electron chi connectivity index (χ1n) is 13.8. The molecule has 3 fully saturated rings. The second kappa shape index (κ2) is 15.4. The van der Waals surface area contributed by atoms with Gasteiger partial charge >= 0.3 is 5.97 Å². The second-order valence-electron chi connectivity index (χ2n) is 10.5. The van der Waals surface area contributed by atoms with Gasteiger partial charge in [0.15, 0.2) is 31.1 Å². The standard InChI is InChI=1S/C25H43NO16/c1-5-6-36-25-22(21(38-11(4)30)15(31)9(2)37-25)42-23-14(26-10(3)29)20(17(33)13(8-28)39-23)41-24-19(35)18(34)16(32)12(7-27)40-24/h9,12-25,27-28,31-35H,5-8H2,1-4H3,(H,26,29)/t9-,12+,13+,14+,15-,16-,17-,18-,19+,20+,21+,22+,23-,24-,25+/m0/s1. The van der Waals surface area contributed by atoms with Gasteiger partial charge in [-0.3, -0.25) is 9.59 Å². The van der Waals surface area contributed by atoms with E-state index in [1.165, 1.54) is 0 Å². The Morgan fingerprint density at radius 3 is 1.90 bits per heavy atom. The minimum absolute atomic E-state index is 0.196. The van der Waals surface area contributed by atoms with E-state index < -0.39 is 117 Å². The van der Waals surface area contributed by atoms with Crippen molar-refractivity contribution in [2.45, 2.75) is 126 Å². The van der Waals surface area contributed by atoms with Crippen molar-refractivity contribution in [1.29, 1.82) is 0 Å². The van der Waals surface area contributed by atoms with E-state index >= 15 is 0 Å². The number of hydrogen-bond acceptors (Lipinski definition) is 16. The Morgan fingerprint density at radius 1 is 0.738 bits per heavy atom. The van der Waals surface area contributed by atoms with Gasteiger partial charge in [0.05, 0.1) is 19.3 Å². The summed E-state index contributed by atoms with van der Waals surface area (Å²) in [4.78, 5) is 24.2. The number of aliphatic hydroxyl groups is 7. The molecule has 17 heteroatoms. The first-order valence-corrected chi connectivity index (χ1v) is 13.8. The van der Waals surface area contributed by atoms with Gasteiger partial charge in [-0.15, -0.1) is 0 Å². The zero-order chi connectivity index (χ0) is 31.3. The molecule has 0 aromatic rings. The Hall–Kier alpha value is -1.58. The molecule has 8 N–H and O–H groups in total. The molecule has 42 heavy (non-hydrogen) atoms. The number of carbonyl (C=O) groups is 2. The molecule has 0 radical (unpaired) electrons. The molecule has 0 saturated carbocycles. The molecule has 17 nitrogen and oxygen atoms in total. The van der Waals surface area contributed by atoms with Gasteiger partial charge < -0.3 is 74.2 Å². The lowest BCUT2D eigenvalue weighted by atomic mass is 9.94. The predicted molar refractivity (Wildman–Crippen MR) is 135 cm³/mol. The van der Waals surface area contributed by atoms with Crippen LogP contribution in [0.1, 0.15) is 34.1 Å². The van der Waals surface area contributed by atoms with Crippen LogP contribution in [0.15, 0.2) is 0 Å². The van der Waals surface area contributed by atoms with Crippen LogP contribution in [0.5, 0.6) is 0 Å². The summed E-state index contributed by atoms with van der Waals surface area (Å²) in [6, 6.07) is -1.41. The van der Waals surface area contributed by atoms with E-state index in [4.69, 9.17) is 33.2 Å². The van der Waals surface area contributed by atoms with Gasteiger partial charge in [-0.25, -0.2) is 0 Å². The van der Waals surface area contributed by atoms with Crippen molar-refractivity contribution < 1.29 is 78.5 Å². The number of carbonyl (C=O) groups excluding carboxylic acids is 2. The molecule has 0 aromatic carbocycles. The molecule has 3 saturated heterocycles. The van der Waals surface area contributed by atoms with Crippen molar-refractivity contribution in [2.75, 3.05) is 19.8 Å². The molecule has 15 atom stereocenters. The molecular formula is C25H43NO16. The lowest BCUT2D eigenvalue weighted by molar-refractivity contribution is -0.369. The number of aliphatic hydroxyl groups excluding tert-OH is 7. The molecule has 0 aliphatic carbocycles. The van der Waals surface area contributed by atoms with Gasteiger partial charge in [-0.1, -0.05) is 6.92 Å². The Bertz CT molecular complexity index is 879. The van der Waals surface area contributed by atoms with E-state index in [2.05, 4.69) is 5.32 Å². The van der Waals surface area contributed by atoms with E-state index in [1.807, 2.05) is 6.92 Å². The normalized spacial score (nSPS) is 44.4. The van der Waals surface area contributed by atoms with Crippen molar-refractivity contribution >= 4 is 11.9 Å². The molecular weight excluding hydrogens is 570 g/mol. The Labute approximate surface area is 242 Å². The molecule has 0 spiro atoms. The Balaban J connectivity index is 1.97. The summed E-state index contributed by atoms with van der Waals surface area (Å²) in [6.07, 6.45) is -20.1. The summed E-state index contributed by atoms with van der Waals surface area (Å²) in [6.45, 7) is 4.33. The Morgan fingerprint density at radius 2 is 1.33 bits per heavy atom. The maximum atomic E-state index is 12.3. The highest BCUT2D eigenvalue weighted by Crippen LogP contribution is 2.33. The van der Waals surface area contributed by atoms with Crippen LogP contribution in [-0.2, 0) is 42.7 Å². The lowest BCUT2D eigenvalue weighted by Crippen LogP contribution is -2.69. The fourth-order valence-corrected chi connectivity index (χ4v) is 5.05. The van der Waals surface area contributed by atoms with E-state index in [-0.39, 0.29) is 6.61 Å². The molecule has 3 rings (SSSR count). The molecule has 3 aliphatic heterocycles. The quantitative estimate of drug-likeness (QED) is 0.102. The minimum atomic E-state index is -1.86. The van der Waals surface area contributed by atoms with Crippen LogP contribution in [0.25, 0.3) is 0 Å². The molecule has 244 valence electrons. The summed E-state index contributed by atoms with van der Waals surface area (Å²) in [7, 11) is 0.